The molecule has 3 N–H and O–H groups in total. The molecule has 16 heteroatoms. The summed E-state index contributed by atoms with van der Waals surface area (Å²) in [6.45, 7) is 4.48. The molecule has 1 aromatic heterocycles. The van der Waals surface area contributed by atoms with E-state index in [4.69, 9.17) is 9.90 Å². The fourth-order valence-electron chi connectivity index (χ4n) is 4.55. The van der Waals surface area contributed by atoms with Gasteiger partial charge in [0, 0.05) is 19.6 Å². The Morgan fingerprint density at radius 2 is 1.70 bits per heavy atom. The van der Waals surface area contributed by atoms with Crippen LogP contribution in [0.4, 0.5) is 33.5 Å². The largest absolute Gasteiger partial charge is 0.490 e. The maximum Gasteiger partial charge on any atom is 0.490 e. The molecule has 40 heavy (non-hydrogen) atoms. The molecular weight excluding hydrogens is 567 g/mol. The van der Waals surface area contributed by atoms with Crippen molar-refractivity contribution in [2.75, 3.05) is 42.3 Å². The van der Waals surface area contributed by atoms with E-state index in [-0.39, 0.29) is 17.1 Å². The first-order valence-electron chi connectivity index (χ1n) is 12.2. The average molecular weight is 595 g/mol. The third-order valence-corrected chi connectivity index (χ3v) is 7.70. The fourth-order valence-corrected chi connectivity index (χ4v) is 5.68. The van der Waals surface area contributed by atoms with Gasteiger partial charge in [-0.3, -0.25) is 4.72 Å². The Hall–Kier alpha value is -3.53. The molecule has 1 unspecified atom stereocenters. The van der Waals surface area contributed by atoms with Crippen molar-refractivity contribution in [2.24, 2.45) is 5.92 Å². The number of hydrogen-bond acceptors (Lipinski definition) is 7. The molecule has 0 aliphatic carbocycles. The minimum absolute atomic E-state index is 0.148. The third-order valence-electron chi connectivity index (χ3n) is 6.31. The number of carbonyl (C=O) groups is 2. The van der Waals surface area contributed by atoms with E-state index in [9.17, 15) is 40.3 Å². The lowest BCUT2D eigenvalue weighted by Crippen LogP contribution is -2.41. The molecule has 2 aliphatic heterocycles. The van der Waals surface area contributed by atoms with Gasteiger partial charge in [0.25, 0.3) is 10.0 Å². The third kappa shape index (κ3) is 8.24. The topological polar surface area (TPSA) is 140 Å². The van der Waals surface area contributed by atoms with Crippen LogP contribution in [0.2, 0.25) is 0 Å². The summed E-state index contributed by atoms with van der Waals surface area (Å²) in [5.41, 5.74) is -0.304. The minimum Gasteiger partial charge on any atom is -0.478 e. The van der Waals surface area contributed by atoms with Crippen molar-refractivity contribution in [1.29, 1.82) is 0 Å². The first kappa shape index (κ1) is 31.0. The second kappa shape index (κ2) is 12.8. The van der Waals surface area contributed by atoms with Gasteiger partial charge in [-0.2, -0.15) is 13.2 Å². The lowest BCUT2D eigenvalue weighted by molar-refractivity contribution is -0.192. The van der Waals surface area contributed by atoms with E-state index in [1.54, 1.807) is 0 Å². The van der Waals surface area contributed by atoms with Gasteiger partial charge in [0.05, 0.1) is 11.9 Å². The van der Waals surface area contributed by atoms with Crippen LogP contribution >= 0.6 is 0 Å². The zero-order valence-corrected chi connectivity index (χ0v) is 21.8. The molecule has 0 amide bonds. The molecule has 10 nitrogen and oxygen atoms in total. The first-order valence-corrected chi connectivity index (χ1v) is 13.6. The highest BCUT2D eigenvalue weighted by Crippen LogP contribution is 2.29. The average Bonchev–Trinajstić information content (AvgIpc) is 3.38. The number of aromatic carboxylic acids is 1. The molecule has 0 bridgehead atoms. The zero-order valence-electron chi connectivity index (χ0n) is 21.0. The summed E-state index contributed by atoms with van der Waals surface area (Å²) in [4.78, 5) is 28.6. The Morgan fingerprint density at radius 3 is 2.30 bits per heavy atom. The van der Waals surface area contributed by atoms with Crippen molar-refractivity contribution in [3.8, 4) is 0 Å². The Kier molecular flexibility index (Phi) is 9.89. The number of piperidine rings is 1. The molecule has 2 aromatic rings. The van der Waals surface area contributed by atoms with Gasteiger partial charge in [-0.1, -0.05) is 0 Å². The number of alkyl halides is 3. The molecule has 220 valence electrons. The molecule has 2 aliphatic rings. The van der Waals surface area contributed by atoms with Crippen molar-refractivity contribution in [3.63, 3.8) is 0 Å². The van der Waals surface area contributed by atoms with Gasteiger partial charge in [0.1, 0.15) is 27.9 Å². The van der Waals surface area contributed by atoms with Crippen molar-refractivity contribution in [3.05, 3.63) is 47.7 Å². The van der Waals surface area contributed by atoms with Crippen LogP contribution in [-0.2, 0) is 14.8 Å². The van der Waals surface area contributed by atoms with E-state index in [1.807, 2.05) is 4.90 Å². The summed E-state index contributed by atoms with van der Waals surface area (Å²) < 4.78 is 86.3. The number of carboxylic acids is 2. The number of aliphatic carboxylic acids is 1. The number of rotatable bonds is 7. The van der Waals surface area contributed by atoms with Crippen LogP contribution in [0.5, 0.6) is 0 Å². The van der Waals surface area contributed by atoms with Crippen molar-refractivity contribution in [2.45, 2.75) is 36.8 Å². The van der Waals surface area contributed by atoms with Gasteiger partial charge in [0.2, 0.25) is 0 Å². The van der Waals surface area contributed by atoms with Crippen LogP contribution in [-0.4, -0.2) is 79.4 Å². The van der Waals surface area contributed by atoms with E-state index in [1.165, 1.54) is 19.0 Å². The lowest BCUT2D eigenvalue weighted by Gasteiger charge is -2.36. The Bertz CT molecular complexity index is 1340. The second-order valence-corrected chi connectivity index (χ2v) is 11.0. The fraction of sp³-hybridized carbons (Fsp3) is 0.458. The number of sulfonamides is 1. The standard InChI is InChI=1S/C22H26F2N4O4S.C2HF3O2/c23-16-5-6-19(24)20(10-16)33(31,32)26-17-11-18(22(29)30)21(25-12-17)28-9-3-4-15(14-28)13-27-7-1-2-8-27;3-2(4,5)1(6)7/h5-6,10-12,15,26H,1-4,7-9,13-14H2,(H,29,30);(H,6,7). The molecule has 3 heterocycles. The number of nitrogens with one attached hydrogen (secondary N) is 1. The van der Waals surface area contributed by atoms with E-state index >= 15 is 0 Å². The molecule has 1 atom stereocenters. The number of carboxylic acid groups (broad SMARTS) is 2. The second-order valence-electron chi connectivity index (χ2n) is 9.35. The quantitative estimate of drug-likeness (QED) is 0.409. The molecule has 1 aromatic carbocycles. The van der Waals surface area contributed by atoms with E-state index in [2.05, 4.69) is 14.6 Å². The number of anilines is 2. The molecule has 4 rings (SSSR count). The van der Waals surface area contributed by atoms with Crippen molar-refractivity contribution < 1.29 is 50.2 Å². The predicted octanol–water partition coefficient (Wildman–Crippen LogP) is 3.80. The molecule has 0 spiro atoms. The number of benzene rings is 1. The Labute approximate surface area is 226 Å². The molecule has 0 radical (unpaired) electrons. The van der Waals surface area contributed by atoms with E-state index in [0.29, 0.717) is 31.1 Å². The maximum absolute atomic E-state index is 14.0. The molecule has 2 fully saturated rings. The number of nitrogens with zero attached hydrogens (tertiary/aromatic N) is 3. The van der Waals surface area contributed by atoms with Crippen molar-refractivity contribution >= 4 is 33.5 Å². The van der Waals surface area contributed by atoms with Gasteiger partial charge in [-0.15, -0.1) is 0 Å². The van der Waals surface area contributed by atoms with E-state index < -0.39 is 44.7 Å². The zero-order chi connectivity index (χ0) is 29.7. The SMILES string of the molecule is O=C(O)C(F)(F)F.O=C(O)c1cc(NS(=O)(=O)c2cc(F)ccc2F)cnc1N1CCCC(CN2CCCC2)C1. The predicted molar refractivity (Wildman–Crippen MR) is 133 cm³/mol. The summed E-state index contributed by atoms with van der Waals surface area (Å²) in [5, 5.41) is 16.9. The lowest BCUT2D eigenvalue weighted by atomic mass is 9.97. The smallest absolute Gasteiger partial charge is 0.478 e. The van der Waals surface area contributed by atoms with Gasteiger partial charge in [-0.25, -0.2) is 31.8 Å². The highest BCUT2D eigenvalue weighted by molar-refractivity contribution is 7.92. The Balaban J connectivity index is 0.000000559. The summed E-state index contributed by atoms with van der Waals surface area (Å²) in [6, 6.07) is 3.24. The molecule has 2 saturated heterocycles. The summed E-state index contributed by atoms with van der Waals surface area (Å²) >= 11 is 0. The number of likely N-dealkylation sites (tertiary alicyclic amines) is 1. The van der Waals surface area contributed by atoms with Gasteiger partial charge >= 0.3 is 18.1 Å². The summed E-state index contributed by atoms with van der Waals surface area (Å²) in [5.74, 6) is -5.37. The van der Waals surface area contributed by atoms with Crippen LogP contribution in [0.25, 0.3) is 0 Å². The van der Waals surface area contributed by atoms with Crippen LogP contribution < -0.4 is 9.62 Å². The molecule has 0 saturated carbocycles. The van der Waals surface area contributed by atoms with Gasteiger partial charge < -0.3 is 20.0 Å². The van der Waals surface area contributed by atoms with Crippen LogP contribution in [0.3, 0.4) is 0 Å². The Morgan fingerprint density at radius 1 is 1.05 bits per heavy atom. The van der Waals surface area contributed by atoms with E-state index in [0.717, 1.165) is 44.6 Å². The van der Waals surface area contributed by atoms with Gasteiger partial charge in [-0.05, 0) is 69.0 Å². The normalized spacial score (nSPS) is 18.1. The van der Waals surface area contributed by atoms with Crippen LogP contribution in [0, 0.1) is 17.6 Å². The minimum atomic E-state index is -5.08. The van der Waals surface area contributed by atoms with Gasteiger partial charge in [0.15, 0.2) is 0 Å². The van der Waals surface area contributed by atoms with Crippen LogP contribution in [0.1, 0.15) is 36.0 Å². The maximum atomic E-state index is 14.0. The monoisotopic (exact) mass is 594 g/mol. The number of halogens is 5. The number of pyridine rings is 1. The number of hydrogen-bond donors (Lipinski definition) is 3. The number of aromatic nitrogens is 1. The molecular formula is C24H27F5N4O6S. The van der Waals surface area contributed by atoms with Crippen LogP contribution in [0.15, 0.2) is 35.4 Å². The summed E-state index contributed by atoms with van der Waals surface area (Å²) in [6.07, 6.45) is 0.496. The first-order chi connectivity index (χ1) is 18.7. The highest BCUT2D eigenvalue weighted by Gasteiger charge is 2.38. The summed E-state index contributed by atoms with van der Waals surface area (Å²) in [7, 11) is -4.49. The van der Waals surface area contributed by atoms with Crippen molar-refractivity contribution in [1.82, 2.24) is 9.88 Å². The highest BCUT2D eigenvalue weighted by atomic mass is 32.2.